The van der Waals surface area contributed by atoms with Crippen LogP contribution in [0.2, 0.25) is 0 Å². The van der Waals surface area contributed by atoms with E-state index in [1.165, 1.54) is 0 Å². The summed E-state index contributed by atoms with van der Waals surface area (Å²) in [4.78, 5) is 0. The van der Waals surface area contributed by atoms with E-state index in [4.69, 9.17) is 14.2 Å². The Morgan fingerprint density at radius 2 is 1.57 bits per heavy atom. The molecule has 0 aliphatic heterocycles. The molecule has 2 aromatic carbocycles. The van der Waals surface area contributed by atoms with Gasteiger partial charge in [-0.1, -0.05) is 37.9 Å². The zero-order chi connectivity index (χ0) is 15.2. The van der Waals surface area contributed by atoms with E-state index in [1.807, 2.05) is 36.4 Å². The third-order valence-corrected chi connectivity index (χ3v) is 4.43. The number of benzene rings is 2. The molecule has 2 aromatic rings. The van der Waals surface area contributed by atoms with Gasteiger partial charge in [0.05, 0.1) is 14.2 Å². The van der Waals surface area contributed by atoms with Crippen LogP contribution in [0.3, 0.4) is 0 Å². The first-order valence-electron chi connectivity index (χ1n) is 6.36. The lowest BCUT2D eigenvalue weighted by Gasteiger charge is -2.13. The smallest absolute Gasteiger partial charge is 0.127 e. The summed E-state index contributed by atoms with van der Waals surface area (Å²) in [5, 5.41) is 0.728. The van der Waals surface area contributed by atoms with Crippen molar-refractivity contribution >= 4 is 31.9 Å². The number of halogens is 2. The molecule has 5 heteroatoms. The highest BCUT2D eigenvalue weighted by Crippen LogP contribution is 2.29. The van der Waals surface area contributed by atoms with E-state index in [1.54, 1.807) is 14.2 Å². The third-order valence-electron chi connectivity index (χ3n) is 3.05. The molecule has 2 rings (SSSR count). The molecular weight excluding hydrogens is 400 g/mol. The molecule has 3 nitrogen and oxygen atoms in total. The minimum atomic E-state index is 0.449. The fraction of sp³-hybridized carbons (Fsp3) is 0.250. The zero-order valence-electron chi connectivity index (χ0n) is 11.9. The lowest BCUT2D eigenvalue weighted by molar-refractivity contribution is 0.299. The van der Waals surface area contributed by atoms with Crippen molar-refractivity contribution in [1.29, 1.82) is 0 Å². The Balaban J connectivity index is 2.19. The third kappa shape index (κ3) is 4.14. The SMILES string of the molecule is COc1ccc(Br)c(COc2cc(OC)ccc2CBr)c1. The van der Waals surface area contributed by atoms with Crippen molar-refractivity contribution < 1.29 is 14.2 Å². The summed E-state index contributed by atoms with van der Waals surface area (Å²) < 4.78 is 17.4. The molecule has 0 N–H and O–H groups in total. The molecule has 112 valence electrons. The summed E-state index contributed by atoms with van der Waals surface area (Å²) in [6.45, 7) is 0.449. The molecule has 0 amide bonds. The van der Waals surface area contributed by atoms with E-state index in [0.717, 1.165) is 38.2 Å². The number of ether oxygens (including phenoxy) is 3. The molecule has 0 saturated heterocycles. The maximum atomic E-state index is 5.94. The number of hydrogen-bond donors (Lipinski definition) is 0. The lowest BCUT2D eigenvalue weighted by atomic mass is 10.2. The van der Waals surface area contributed by atoms with Crippen LogP contribution in [0.5, 0.6) is 17.2 Å². The van der Waals surface area contributed by atoms with Crippen molar-refractivity contribution in [3.05, 3.63) is 52.0 Å². The summed E-state index contributed by atoms with van der Waals surface area (Å²) in [6.07, 6.45) is 0. The molecular formula is C16H16Br2O3. The van der Waals surface area contributed by atoms with Gasteiger partial charge in [-0.15, -0.1) is 0 Å². The largest absolute Gasteiger partial charge is 0.497 e. The Kier molecular flexibility index (Phi) is 5.94. The Bertz CT molecular complexity index is 614. The van der Waals surface area contributed by atoms with Gasteiger partial charge in [0.25, 0.3) is 0 Å². The Morgan fingerprint density at radius 1 is 0.905 bits per heavy atom. The number of hydrogen-bond acceptors (Lipinski definition) is 3. The van der Waals surface area contributed by atoms with Crippen LogP contribution < -0.4 is 14.2 Å². The summed E-state index contributed by atoms with van der Waals surface area (Å²) in [5.41, 5.74) is 2.10. The molecule has 0 aliphatic carbocycles. The highest BCUT2D eigenvalue weighted by Gasteiger charge is 2.08. The monoisotopic (exact) mass is 414 g/mol. The van der Waals surface area contributed by atoms with Crippen LogP contribution in [0.25, 0.3) is 0 Å². The zero-order valence-corrected chi connectivity index (χ0v) is 15.0. The van der Waals surface area contributed by atoms with Crippen LogP contribution in [0.1, 0.15) is 11.1 Å². The van der Waals surface area contributed by atoms with Gasteiger partial charge < -0.3 is 14.2 Å². The van der Waals surface area contributed by atoms with Crippen molar-refractivity contribution in [3.63, 3.8) is 0 Å². The predicted octanol–water partition coefficient (Wildman–Crippen LogP) is 4.94. The average molecular weight is 416 g/mol. The quantitative estimate of drug-likeness (QED) is 0.625. The standard InChI is InChI=1S/C16H16Br2O3/c1-19-13-5-6-15(18)12(7-13)10-21-16-8-14(20-2)4-3-11(16)9-17/h3-8H,9-10H2,1-2H3. The van der Waals surface area contributed by atoms with Gasteiger partial charge >= 0.3 is 0 Å². The summed E-state index contributed by atoms with van der Waals surface area (Å²) in [7, 11) is 3.30. The van der Waals surface area contributed by atoms with Gasteiger partial charge in [-0.05, 0) is 24.3 Å². The second kappa shape index (κ2) is 7.71. The van der Waals surface area contributed by atoms with Crippen molar-refractivity contribution in [3.8, 4) is 17.2 Å². The van der Waals surface area contributed by atoms with Gasteiger partial charge in [0.1, 0.15) is 23.9 Å². The molecule has 0 unspecified atom stereocenters. The maximum Gasteiger partial charge on any atom is 0.127 e. The van der Waals surface area contributed by atoms with Crippen molar-refractivity contribution in [1.82, 2.24) is 0 Å². The number of methoxy groups -OCH3 is 2. The first-order chi connectivity index (χ1) is 10.2. The van der Waals surface area contributed by atoms with Gasteiger partial charge in [0.2, 0.25) is 0 Å². The fourth-order valence-corrected chi connectivity index (χ4v) is 2.68. The highest BCUT2D eigenvalue weighted by atomic mass is 79.9. The maximum absolute atomic E-state index is 5.94. The molecule has 0 saturated carbocycles. The minimum Gasteiger partial charge on any atom is -0.497 e. The van der Waals surface area contributed by atoms with E-state index in [-0.39, 0.29) is 0 Å². The van der Waals surface area contributed by atoms with Gasteiger partial charge in [0, 0.05) is 27.0 Å². The van der Waals surface area contributed by atoms with Crippen LogP contribution >= 0.6 is 31.9 Å². The topological polar surface area (TPSA) is 27.7 Å². The van der Waals surface area contributed by atoms with E-state index in [0.29, 0.717) is 6.61 Å². The van der Waals surface area contributed by atoms with E-state index in [9.17, 15) is 0 Å². The molecule has 0 heterocycles. The fourth-order valence-electron chi connectivity index (χ4n) is 1.85. The van der Waals surface area contributed by atoms with Crippen LogP contribution in [0, 0.1) is 0 Å². The van der Waals surface area contributed by atoms with Gasteiger partial charge in [-0.25, -0.2) is 0 Å². The minimum absolute atomic E-state index is 0.449. The Morgan fingerprint density at radius 3 is 2.24 bits per heavy atom. The van der Waals surface area contributed by atoms with Crippen molar-refractivity contribution in [2.75, 3.05) is 14.2 Å². The lowest BCUT2D eigenvalue weighted by Crippen LogP contribution is -2.00. The van der Waals surface area contributed by atoms with E-state index >= 15 is 0 Å². The molecule has 0 bridgehead atoms. The average Bonchev–Trinajstić information content (AvgIpc) is 2.53. The number of alkyl halides is 1. The second-order valence-corrected chi connectivity index (χ2v) is 5.77. The first kappa shape index (κ1) is 16.2. The van der Waals surface area contributed by atoms with Crippen LogP contribution in [-0.4, -0.2) is 14.2 Å². The molecule has 0 radical (unpaired) electrons. The predicted molar refractivity (Wildman–Crippen MR) is 90.7 cm³/mol. The van der Waals surface area contributed by atoms with E-state index in [2.05, 4.69) is 31.9 Å². The van der Waals surface area contributed by atoms with Gasteiger partial charge in [-0.3, -0.25) is 0 Å². The van der Waals surface area contributed by atoms with Crippen molar-refractivity contribution in [2.24, 2.45) is 0 Å². The van der Waals surface area contributed by atoms with Gasteiger partial charge in [0.15, 0.2) is 0 Å². The first-order valence-corrected chi connectivity index (χ1v) is 8.27. The molecule has 0 aromatic heterocycles. The number of rotatable bonds is 6. The highest BCUT2D eigenvalue weighted by molar-refractivity contribution is 9.10. The van der Waals surface area contributed by atoms with Crippen LogP contribution in [0.4, 0.5) is 0 Å². The van der Waals surface area contributed by atoms with Crippen LogP contribution in [0.15, 0.2) is 40.9 Å². The molecule has 0 aliphatic rings. The Hall–Kier alpha value is -1.20. The normalized spacial score (nSPS) is 10.3. The Labute approximate surface area is 141 Å². The van der Waals surface area contributed by atoms with Crippen LogP contribution in [-0.2, 0) is 11.9 Å². The second-order valence-electron chi connectivity index (χ2n) is 4.35. The van der Waals surface area contributed by atoms with Crippen molar-refractivity contribution in [2.45, 2.75) is 11.9 Å². The summed E-state index contributed by atoms with van der Waals surface area (Å²) >= 11 is 7.00. The molecule has 21 heavy (non-hydrogen) atoms. The summed E-state index contributed by atoms with van der Waals surface area (Å²) in [5.74, 6) is 2.39. The molecule has 0 spiro atoms. The summed E-state index contributed by atoms with van der Waals surface area (Å²) in [6, 6.07) is 11.6. The molecule has 0 fully saturated rings. The molecule has 0 atom stereocenters. The van der Waals surface area contributed by atoms with E-state index < -0.39 is 0 Å². The van der Waals surface area contributed by atoms with Gasteiger partial charge in [-0.2, -0.15) is 0 Å².